The molecule has 8 heteroatoms. The molecule has 8 nitrogen and oxygen atoms in total. The largest absolute Gasteiger partial charge is 0.454 e. The molecule has 1 fully saturated rings. The Kier molecular flexibility index (Phi) is 4.40. The highest BCUT2D eigenvalue weighted by molar-refractivity contribution is 5.95. The quantitative estimate of drug-likeness (QED) is 0.730. The number of fused-ring (bicyclic) bond motifs is 1. The minimum atomic E-state index is -0.141. The number of benzene rings is 2. The van der Waals surface area contributed by atoms with Gasteiger partial charge in [0.25, 0.3) is 5.91 Å². The Morgan fingerprint density at radius 3 is 2.83 bits per heavy atom. The molecule has 2 aromatic carbocycles. The highest BCUT2D eigenvalue weighted by Crippen LogP contribution is 2.33. The van der Waals surface area contributed by atoms with Crippen molar-refractivity contribution in [2.24, 2.45) is 0 Å². The predicted molar refractivity (Wildman–Crippen MR) is 104 cm³/mol. The maximum atomic E-state index is 12.7. The first-order chi connectivity index (χ1) is 14.2. The number of likely N-dealkylation sites (N-methyl/N-ethyl adjacent to an activating group) is 1. The summed E-state index contributed by atoms with van der Waals surface area (Å²) in [7, 11) is 1.99. The van der Waals surface area contributed by atoms with E-state index in [0.29, 0.717) is 41.7 Å². The summed E-state index contributed by atoms with van der Waals surface area (Å²) < 4.78 is 16.2. The van der Waals surface area contributed by atoms with Crippen LogP contribution in [-0.2, 0) is 0 Å². The summed E-state index contributed by atoms with van der Waals surface area (Å²) in [5.74, 6) is 2.25. The number of nitrogens with zero attached hydrogens (tertiary/aromatic N) is 3. The molecule has 0 bridgehead atoms. The van der Waals surface area contributed by atoms with Crippen LogP contribution in [0.3, 0.4) is 0 Å². The van der Waals surface area contributed by atoms with Crippen LogP contribution < -0.4 is 14.8 Å². The number of carbonyl (C=O) groups is 1. The lowest BCUT2D eigenvalue weighted by atomic mass is 10.1. The van der Waals surface area contributed by atoms with Gasteiger partial charge in [0.2, 0.25) is 18.5 Å². The fourth-order valence-electron chi connectivity index (χ4n) is 3.77. The van der Waals surface area contributed by atoms with Gasteiger partial charge >= 0.3 is 0 Å². The standard InChI is InChI=1S/C21H20N4O4/c1-25-11-15(22-20(26)14-7-8-17-18(9-14)28-12-27-17)10-16(25)21-23-19(24-29-21)13-5-3-2-4-6-13/h2-9,15-16H,10-12H2,1H3,(H,22,26)/t15-,16-/m0/s1. The smallest absolute Gasteiger partial charge is 0.251 e. The van der Waals surface area contributed by atoms with Gasteiger partial charge in [0.15, 0.2) is 11.5 Å². The topological polar surface area (TPSA) is 89.7 Å². The summed E-state index contributed by atoms with van der Waals surface area (Å²) in [4.78, 5) is 19.3. The molecule has 29 heavy (non-hydrogen) atoms. The molecule has 1 N–H and O–H groups in total. The molecule has 0 saturated carbocycles. The molecular formula is C21H20N4O4. The first-order valence-corrected chi connectivity index (χ1v) is 9.47. The van der Waals surface area contributed by atoms with Crippen molar-refractivity contribution >= 4 is 5.91 Å². The Balaban J connectivity index is 1.26. The average molecular weight is 392 g/mol. The second-order valence-electron chi connectivity index (χ2n) is 7.25. The monoisotopic (exact) mass is 392 g/mol. The summed E-state index contributed by atoms with van der Waals surface area (Å²) >= 11 is 0. The molecule has 1 aromatic heterocycles. The van der Waals surface area contributed by atoms with Crippen LogP contribution in [0.15, 0.2) is 53.1 Å². The van der Waals surface area contributed by atoms with Gasteiger partial charge < -0.3 is 19.3 Å². The summed E-state index contributed by atoms with van der Waals surface area (Å²) in [5, 5.41) is 7.19. The van der Waals surface area contributed by atoms with Gasteiger partial charge in [-0.15, -0.1) is 0 Å². The number of carbonyl (C=O) groups excluding carboxylic acids is 1. The SMILES string of the molecule is CN1C[C@@H](NC(=O)c2ccc3c(c2)OCO3)C[C@H]1c1nc(-c2ccccc2)no1. The van der Waals surface area contributed by atoms with Crippen LogP contribution >= 0.6 is 0 Å². The van der Waals surface area contributed by atoms with Gasteiger partial charge in [0, 0.05) is 23.7 Å². The van der Waals surface area contributed by atoms with Crippen LogP contribution in [0, 0.1) is 0 Å². The Hall–Kier alpha value is -3.39. The van der Waals surface area contributed by atoms with Crippen molar-refractivity contribution in [1.29, 1.82) is 0 Å². The summed E-state index contributed by atoms with van der Waals surface area (Å²) in [6, 6.07) is 14.9. The third-order valence-corrected chi connectivity index (χ3v) is 5.28. The van der Waals surface area contributed by atoms with E-state index in [1.807, 2.05) is 37.4 Å². The van der Waals surface area contributed by atoms with Crippen molar-refractivity contribution in [2.45, 2.75) is 18.5 Å². The molecule has 0 spiro atoms. The first-order valence-electron chi connectivity index (χ1n) is 9.47. The van der Waals surface area contributed by atoms with Crippen LogP contribution in [0.5, 0.6) is 11.5 Å². The Morgan fingerprint density at radius 1 is 1.14 bits per heavy atom. The van der Waals surface area contributed by atoms with E-state index in [2.05, 4.69) is 20.4 Å². The number of hydrogen-bond acceptors (Lipinski definition) is 7. The number of likely N-dealkylation sites (tertiary alicyclic amines) is 1. The van der Waals surface area contributed by atoms with E-state index in [4.69, 9.17) is 14.0 Å². The molecule has 2 aliphatic rings. The summed E-state index contributed by atoms with van der Waals surface area (Å²) in [6.07, 6.45) is 0.698. The lowest BCUT2D eigenvalue weighted by Crippen LogP contribution is -2.36. The molecule has 1 amide bonds. The molecule has 3 heterocycles. The van der Waals surface area contributed by atoms with Crippen molar-refractivity contribution < 1.29 is 18.8 Å². The molecule has 0 aliphatic carbocycles. The molecular weight excluding hydrogens is 372 g/mol. The molecule has 2 aliphatic heterocycles. The number of ether oxygens (including phenoxy) is 2. The van der Waals surface area contributed by atoms with Crippen LogP contribution in [0.2, 0.25) is 0 Å². The van der Waals surface area contributed by atoms with E-state index >= 15 is 0 Å². The molecule has 1 saturated heterocycles. The number of amides is 1. The third-order valence-electron chi connectivity index (χ3n) is 5.28. The Bertz CT molecular complexity index is 1040. The van der Waals surface area contributed by atoms with E-state index in [0.717, 1.165) is 5.56 Å². The van der Waals surface area contributed by atoms with Crippen molar-refractivity contribution in [3.8, 4) is 22.9 Å². The highest BCUT2D eigenvalue weighted by atomic mass is 16.7. The highest BCUT2D eigenvalue weighted by Gasteiger charge is 2.35. The van der Waals surface area contributed by atoms with Crippen molar-refractivity contribution in [3.05, 3.63) is 60.0 Å². The van der Waals surface area contributed by atoms with Gasteiger partial charge in [-0.3, -0.25) is 9.69 Å². The Labute approximate surface area is 167 Å². The van der Waals surface area contributed by atoms with Gasteiger partial charge in [0.05, 0.1) is 6.04 Å². The van der Waals surface area contributed by atoms with Crippen LogP contribution in [0.1, 0.15) is 28.7 Å². The van der Waals surface area contributed by atoms with Crippen LogP contribution in [0.4, 0.5) is 0 Å². The second-order valence-corrected chi connectivity index (χ2v) is 7.25. The zero-order valence-corrected chi connectivity index (χ0v) is 15.9. The second kappa shape index (κ2) is 7.21. The molecule has 0 unspecified atom stereocenters. The third kappa shape index (κ3) is 3.42. The zero-order valence-electron chi connectivity index (χ0n) is 15.9. The van der Waals surface area contributed by atoms with Crippen LogP contribution in [-0.4, -0.2) is 47.4 Å². The van der Waals surface area contributed by atoms with Gasteiger partial charge in [-0.25, -0.2) is 0 Å². The van der Waals surface area contributed by atoms with Crippen LogP contribution in [0.25, 0.3) is 11.4 Å². The molecule has 3 aromatic rings. The first kappa shape index (κ1) is 17.7. The normalized spacial score (nSPS) is 20.7. The molecule has 0 radical (unpaired) electrons. The van der Waals surface area contributed by atoms with Crippen molar-refractivity contribution in [2.75, 3.05) is 20.4 Å². The lowest BCUT2D eigenvalue weighted by Gasteiger charge is -2.14. The molecule has 5 rings (SSSR count). The fraction of sp³-hybridized carbons (Fsp3) is 0.286. The van der Waals surface area contributed by atoms with E-state index < -0.39 is 0 Å². The van der Waals surface area contributed by atoms with Gasteiger partial charge in [0.1, 0.15) is 0 Å². The minimum absolute atomic E-state index is 0.0185. The molecule has 2 atom stereocenters. The van der Waals surface area contributed by atoms with E-state index in [1.165, 1.54) is 0 Å². The predicted octanol–water partition coefficient (Wildman–Crippen LogP) is 2.64. The Morgan fingerprint density at radius 2 is 1.97 bits per heavy atom. The van der Waals surface area contributed by atoms with Gasteiger partial charge in [-0.05, 0) is 31.7 Å². The van der Waals surface area contributed by atoms with Gasteiger partial charge in [-0.2, -0.15) is 4.98 Å². The van der Waals surface area contributed by atoms with E-state index in [9.17, 15) is 4.79 Å². The summed E-state index contributed by atoms with van der Waals surface area (Å²) in [5.41, 5.74) is 1.46. The van der Waals surface area contributed by atoms with Crippen molar-refractivity contribution in [3.63, 3.8) is 0 Å². The molecule has 148 valence electrons. The lowest BCUT2D eigenvalue weighted by molar-refractivity contribution is 0.0938. The number of nitrogens with one attached hydrogen (secondary N) is 1. The average Bonchev–Trinajstić information content (AvgIpc) is 3.47. The van der Waals surface area contributed by atoms with Crippen molar-refractivity contribution in [1.82, 2.24) is 20.4 Å². The van der Waals surface area contributed by atoms with E-state index in [1.54, 1.807) is 18.2 Å². The summed E-state index contributed by atoms with van der Waals surface area (Å²) in [6.45, 7) is 0.884. The number of hydrogen-bond donors (Lipinski definition) is 1. The zero-order chi connectivity index (χ0) is 19.8. The van der Waals surface area contributed by atoms with E-state index in [-0.39, 0.29) is 24.8 Å². The van der Waals surface area contributed by atoms with Gasteiger partial charge in [-0.1, -0.05) is 35.5 Å². The number of rotatable bonds is 4. The number of aromatic nitrogens is 2. The fourth-order valence-corrected chi connectivity index (χ4v) is 3.77. The minimum Gasteiger partial charge on any atom is -0.454 e. The maximum absolute atomic E-state index is 12.7. The maximum Gasteiger partial charge on any atom is 0.251 e.